The number of aromatic nitrogens is 2. The van der Waals surface area contributed by atoms with Gasteiger partial charge in [-0.15, -0.1) is 0 Å². The third-order valence-electron chi connectivity index (χ3n) is 5.60. The highest BCUT2D eigenvalue weighted by Gasteiger charge is 2.21. The van der Waals surface area contributed by atoms with Crippen LogP contribution in [0.25, 0.3) is 22.4 Å². The Morgan fingerprint density at radius 3 is 2.71 bits per heavy atom. The number of primary amides is 1. The number of hydrogen-bond donors (Lipinski definition) is 3. The van der Waals surface area contributed by atoms with E-state index in [9.17, 15) is 4.79 Å². The van der Waals surface area contributed by atoms with Crippen LogP contribution < -0.4 is 16.4 Å². The molecular weight excluding hydrogens is 390 g/mol. The largest absolute Gasteiger partial charge is 0.460 e. The first-order chi connectivity index (χ1) is 15.2. The lowest BCUT2D eigenvalue weighted by Crippen LogP contribution is -2.16. The van der Waals surface area contributed by atoms with Crippen LogP contribution in [0.3, 0.4) is 0 Å². The molecule has 1 aliphatic rings. The second-order valence-corrected chi connectivity index (χ2v) is 7.61. The number of benzene rings is 2. The molecule has 4 aromatic rings. The van der Waals surface area contributed by atoms with E-state index in [1.165, 1.54) is 5.56 Å². The van der Waals surface area contributed by atoms with Crippen molar-refractivity contribution in [3.8, 4) is 11.6 Å². The fraction of sp³-hybridized carbons (Fsp3) is 0.208. The number of anilines is 1. The van der Waals surface area contributed by atoms with Gasteiger partial charge in [0.1, 0.15) is 12.1 Å². The van der Waals surface area contributed by atoms with Gasteiger partial charge in [0.15, 0.2) is 11.6 Å². The van der Waals surface area contributed by atoms with Crippen molar-refractivity contribution in [2.45, 2.75) is 19.4 Å². The molecule has 4 N–H and O–H groups in total. The summed E-state index contributed by atoms with van der Waals surface area (Å²) in [4.78, 5) is 21.5. The van der Waals surface area contributed by atoms with E-state index in [1.807, 2.05) is 24.3 Å². The van der Waals surface area contributed by atoms with Crippen molar-refractivity contribution >= 4 is 22.5 Å². The zero-order valence-electron chi connectivity index (χ0n) is 17.0. The lowest BCUT2D eigenvalue weighted by molar-refractivity contribution is 0.100. The van der Waals surface area contributed by atoms with Crippen molar-refractivity contribution in [2.24, 2.45) is 5.73 Å². The first kappa shape index (κ1) is 19.3. The lowest BCUT2D eigenvalue weighted by atomic mass is 10.1. The molecule has 1 aliphatic heterocycles. The van der Waals surface area contributed by atoms with Crippen LogP contribution >= 0.6 is 0 Å². The summed E-state index contributed by atoms with van der Waals surface area (Å²) in [5.74, 6) is 1.38. The molecule has 0 radical (unpaired) electrons. The zero-order valence-corrected chi connectivity index (χ0v) is 17.0. The Labute approximate surface area is 179 Å². The van der Waals surface area contributed by atoms with Gasteiger partial charge in [0.25, 0.3) is 0 Å². The van der Waals surface area contributed by atoms with E-state index < -0.39 is 5.91 Å². The quantitative estimate of drug-likeness (QED) is 0.464. The summed E-state index contributed by atoms with van der Waals surface area (Å²) >= 11 is 0. The summed E-state index contributed by atoms with van der Waals surface area (Å²) in [5, 5.41) is 8.38. The molecule has 2 aromatic carbocycles. The normalized spacial score (nSPS) is 13.5. The number of furan rings is 1. The number of amides is 1. The fourth-order valence-electron chi connectivity index (χ4n) is 4.03. The highest BCUT2D eigenvalue weighted by molar-refractivity contribution is 6.08. The zero-order chi connectivity index (χ0) is 21.2. The molecule has 1 amide bonds. The molecule has 0 aliphatic carbocycles. The molecule has 0 bridgehead atoms. The molecule has 0 atom stereocenters. The van der Waals surface area contributed by atoms with Gasteiger partial charge in [-0.3, -0.25) is 4.79 Å². The van der Waals surface area contributed by atoms with Crippen LogP contribution in [0.15, 0.2) is 59.2 Å². The van der Waals surface area contributed by atoms with E-state index in [2.05, 4.69) is 22.8 Å². The molecule has 31 heavy (non-hydrogen) atoms. The number of carbonyl (C=O) groups is 1. The number of rotatable bonds is 5. The molecule has 7 heteroatoms. The monoisotopic (exact) mass is 413 g/mol. The van der Waals surface area contributed by atoms with Crippen LogP contribution in [0.1, 0.15) is 27.2 Å². The molecule has 3 heterocycles. The van der Waals surface area contributed by atoms with Gasteiger partial charge in [0.05, 0.1) is 11.3 Å². The Hall–Kier alpha value is -3.71. The highest BCUT2D eigenvalue weighted by atomic mass is 16.3. The maximum absolute atomic E-state index is 11.8. The first-order valence-electron chi connectivity index (χ1n) is 10.4. The Balaban J connectivity index is 1.59. The van der Waals surface area contributed by atoms with Crippen LogP contribution in [0, 0.1) is 0 Å². The van der Waals surface area contributed by atoms with Crippen molar-refractivity contribution in [1.82, 2.24) is 15.3 Å². The average molecular weight is 413 g/mol. The van der Waals surface area contributed by atoms with E-state index >= 15 is 0 Å². The minimum Gasteiger partial charge on any atom is -0.460 e. The van der Waals surface area contributed by atoms with Crippen molar-refractivity contribution in [1.29, 1.82) is 0 Å². The molecule has 7 nitrogen and oxygen atoms in total. The molecule has 0 saturated carbocycles. The van der Waals surface area contributed by atoms with Gasteiger partial charge in [0, 0.05) is 35.8 Å². The van der Waals surface area contributed by atoms with Gasteiger partial charge in [-0.05, 0) is 24.6 Å². The van der Waals surface area contributed by atoms with Gasteiger partial charge < -0.3 is 20.8 Å². The second-order valence-electron chi connectivity index (χ2n) is 7.61. The van der Waals surface area contributed by atoms with E-state index in [0.717, 1.165) is 48.4 Å². The van der Waals surface area contributed by atoms with Gasteiger partial charge in [0.2, 0.25) is 5.91 Å². The molecule has 0 saturated heterocycles. The van der Waals surface area contributed by atoms with Crippen molar-refractivity contribution in [3.05, 3.63) is 77.2 Å². The second kappa shape index (κ2) is 8.20. The topological polar surface area (TPSA) is 106 Å². The Bertz CT molecular complexity index is 1250. The predicted molar refractivity (Wildman–Crippen MR) is 120 cm³/mol. The predicted octanol–water partition coefficient (Wildman–Crippen LogP) is 3.29. The van der Waals surface area contributed by atoms with Crippen molar-refractivity contribution in [2.75, 3.05) is 18.4 Å². The lowest BCUT2D eigenvalue weighted by Gasteiger charge is -2.14. The first-order valence-corrected chi connectivity index (χ1v) is 10.4. The van der Waals surface area contributed by atoms with Crippen LogP contribution in [0.4, 0.5) is 5.82 Å². The van der Waals surface area contributed by atoms with Gasteiger partial charge >= 0.3 is 0 Å². The minimum atomic E-state index is -0.489. The van der Waals surface area contributed by atoms with Gasteiger partial charge in [-0.1, -0.05) is 42.5 Å². The van der Waals surface area contributed by atoms with E-state index in [0.29, 0.717) is 29.1 Å². The van der Waals surface area contributed by atoms with Crippen LogP contribution in [0.2, 0.25) is 0 Å². The number of hydrogen-bond acceptors (Lipinski definition) is 6. The van der Waals surface area contributed by atoms with E-state index in [-0.39, 0.29) is 0 Å². The van der Waals surface area contributed by atoms with Gasteiger partial charge in [-0.2, -0.15) is 0 Å². The standard InChI is InChI=1S/C24H23N5O2/c25-22(30)17-8-4-7-16-19(17)14-31-21(16)24-28-20-10-12-26-11-9-18(20)23(29-24)27-13-15-5-2-1-3-6-15/h1-8,14,26H,9-13H2,(H2,25,30)(H,27,28,29). The summed E-state index contributed by atoms with van der Waals surface area (Å²) < 4.78 is 5.86. The number of nitrogens with one attached hydrogen (secondary N) is 2. The number of nitrogens with two attached hydrogens (primary N) is 1. The molecule has 5 rings (SSSR count). The summed E-state index contributed by atoms with van der Waals surface area (Å²) in [6, 6.07) is 15.6. The Morgan fingerprint density at radius 2 is 1.87 bits per heavy atom. The summed E-state index contributed by atoms with van der Waals surface area (Å²) in [6.45, 7) is 2.43. The number of nitrogens with zero attached hydrogens (tertiary/aromatic N) is 2. The summed E-state index contributed by atoms with van der Waals surface area (Å²) in [7, 11) is 0. The fourth-order valence-corrected chi connectivity index (χ4v) is 4.03. The molecule has 156 valence electrons. The van der Waals surface area contributed by atoms with Crippen LogP contribution in [-0.4, -0.2) is 29.0 Å². The number of fused-ring (bicyclic) bond motifs is 2. The highest BCUT2D eigenvalue weighted by Crippen LogP contribution is 2.32. The molecule has 0 spiro atoms. The summed E-state index contributed by atoms with van der Waals surface area (Å²) in [5.41, 5.74) is 9.28. The summed E-state index contributed by atoms with van der Waals surface area (Å²) in [6.07, 6.45) is 3.23. The average Bonchev–Trinajstić information content (AvgIpc) is 3.08. The van der Waals surface area contributed by atoms with E-state index in [4.69, 9.17) is 20.1 Å². The molecular formula is C24H23N5O2. The third-order valence-corrected chi connectivity index (χ3v) is 5.60. The SMILES string of the molecule is NC(=O)c1cccc2c(-c3nc4c(c(NCc5ccccc5)n3)CCNCC4)occ12. The molecule has 0 unspecified atom stereocenters. The molecule has 2 aromatic heterocycles. The minimum absolute atomic E-state index is 0.425. The van der Waals surface area contributed by atoms with Crippen molar-refractivity contribution in [3.63, 3.8) is 0 Å². The maximum Gasteiger partial charge on any atom is 0.249 e. The Morgan fingerprint density at radius 1 is 1.03 bits per heavy atom. The molecule has 0 fully saturated rings. The Kier molecular flexibility index (Phi) is 5.09. The number of carbonyl (C=O) groups excluding carboxylic acids is 1. The smallest absolute Gasteiger partial charge is 0.249 e. The van der Waals surface area contributed by atoms with Crippen molar-refractivity contribution < 1.29 is 9.21 Å². The maximum atomic E-state index is 11.8. The third kappa shape index (κ3) is 3.75. The van der Waals surface area contributed by atoms with E-state index in [1.54, 1.807) is 18.4 Å². The van der Waals surface area contributed by atoms with Gasteiger partial charge in [-0.25, -0.2) is 9.97 Å². The van der Waals surface area contributed by atoms with Crippen LogP contribution in [-0.2, 0) is 19.4 Å². The van der Waals surface area contributed by atoms with Crippen LogP contribution in [0.5, 0.6) is 0 Å².